The molecule has 5 rings (SSSR count). The molecule has 0 amide bonds. The number of hydrogen-bond donors (Lipinski definition) is 0. The molecule has 1 aromatic rings. The average Bonchev–Trinajstić information content (AvgIpc) is 3.23. The van der Waals surface area contributed by atoms with Crippen molar-refractivity contribution in [2.24, 2.45) is 16.8 Å². The normalized spacial score (nSPS) is 22.6. The zero-order valence-corrected chi connectivity index (χ0v) is 27.3. The summed E-state index contributed by atoms with van der Waals surface area (Å²) in [5.74, 6) is 0.413. The lowest BCUT2D eigenvalue weighted by atomic mass is 9.71. The van der Waals surface area contributed by atoms with Gasteiger partial charge in [0.05, 0.1) is 6.07 Å². The predicted octanol–water partition coefficient (Wildman–Crippen LogP) is 10.1. The molecule has 0 unspecified atom stereocenters. The standard InChI is InChI=1S/C41H49N3O/c1-3-10-31(11-4-2)12-6-5-7-13-32-16-18-34(19-17-32)36-20-21-37-30-43-23-22-40(39(37)28-36)44-24-8-14-35(15-9-25-44)41(45)38-26-33(27-38)29-42/h7,12-14,16-20,22-23,28,30,33,38H,3-6,8-11,15,21,24-27H2,1-2H3/b13-7+,35-14-. The van der Waals surface area contributed by atoms with E-state index in [0.29, 0.717) is 0 Å². The molecular weight excluding hydrogens is 550 g/mol. The summed E-state index contributed by atoms with van der Waals surface area (Å²) in [4.78, 5) is 20.0. The number of rotatable bonds is 12. The molecule has 0 bridgehead atoms. The van der Waals surface area contributed by atoms with Gasteiger partial charge in [0.2, 0.25) is 0 Å². The van der Waals surface area contributed by atoms with Gasteiger partial charge in [0.1, 0.15) is 0 Å². The first-order valence-corrected chi connectivity index (χ1v) is 17.3. The van der Waals surface area contributed by atoms with Crippen molar-refractivity contribution in [3.05, 3.63) is 106 Å². The first-order valence-electron chi connectivity index (χ1n) is 17.3. The molecule has 4 heteroatoms. The molecule has 0 saturated heterocycles. The highest BCUT2D eigenvalue weighted by Crippen LogP contribution is 2.38. The van der Waals surface area contributed by atoms with E-state index in [2.05, 4.69) is 96.6 Å². The van der Waals surface area contributed by atoms with E-state index >= 15 is 0 Å². The monoisotopic (exact) mass is 599 g/mol. The van der Waals surface area contributed by atoms with Gasteiger partial charge in [-0.1, -0.05) is 86.9 Å². The summed E-state index contributed by atoms with van der Waals surface area (Å²) >= 11 is 0. The van der Waals surface area contributed by atoms with E-state index in [1.165, 1.54) is 59.2 Å². The molecule has 4 nitrogen and oxygen atoms in total. The van der Waals surface area contributed by atoms with Crippen LogP contribution in [-0.4, -0.2) is 30.0 Å². The summed E-state index contributed by atoms with van der Waals surface area (Å²) in [7, 11) is 0. The zero-order valence-electron chi connectivity index (χ0n) is 27.3. The smallest absolute Gasteiger partial charge is 0.161 e. The van der Waals surface area contributed by atoms with E-state index < -0.39 is 0 Å². The Labute approximate surface area is 271 Å². The van der Waals surface area contributed by atoms with E-state index in [0.717, 1.165) is 70.0 Å². The quantitative estimate of drug-likeness (QED) is 0.177. The molecule has 0 spiro atoms. The second-order valence-corrected chi connectivity index (χ2v) is 12.9. The lowest BCUT2D eigenvalue weighted by molar-refractivity contribution is -0.122. The minimum absolute atomic E-state index is 0.0594. The number of unbranched alkanes of at least 4 members (excludes halogenated alkanes) is 1. The van der Waals surface area contributed by atoms with Crippen LogP contribution in [0.5, 0.6) is 0 Å². The number of benzene rings is 1. The molecule has 1 fully saturated rings. The van der Waals surface area contributed by atoms with Gasteiger partial charge in [-0.15, -0.1) is 0 Å². The molecule has 0 radical (unpaired) electrons. The van der Waals surface area contributed by atoms with Crippen LogP contribution in [0.2, 0.25) is 0 Å². The first-order chi connectivity index (χ1) is 22.1. The van der Waals surface area contributed by atoms with Gasteiger partial charge in [-0.3, -0.25) is 9.79 Å². The Morgan fingerprint density at radius 2 is 1.87 bits per heavy atom. The Hall–Kier alpha value is -3.97. The maximum absolute atomic E-state index is 13.0. The molecule has 234 valence electrons. The summed E-state index contributed by atoms with van der Waals surface area (Å²) in [6, 6.07) is 11.3. The number of ketones is 1. The van der Waals surface area contributed by atoms with Crippen LogP contribution in [0.15, 0.2) is 99.9 Å². The molecule has 0 N–H and O–H groups in total. The molecule has 0 aromatic heterocycles. The number of carbonyl (C=O) groups is 1. The molecule has 2 aliphatic carbocycles. The minimum Gasteiger partial charge on any atom is -0.371 e. The minimum atomic E-state index is 0.0594. The third-order valence-electron chi connectivity index (χ3n) is 9.49. The van der Waals surface area contributed by atoms with E-state index in [9.17, 15) is 4.79 Å². The highest BCUT2D eigenvalue weighted by Gasteiger charge is 2.35. The Bertz CT molecular complexity index is 1490. The van der Waals surface area contributed by atoms with Crippen molar-refractivity contribution < 1.29 is 4.79 Å². The highest BCUT2D eigenvalue weighted by molar-refractivity contribution is 5.97. The van der Waals surface area contributed by atoms with Crippen LogP contribution in [-0.2, 0) is 4.79 Å². The van der Waals surface area contributed by atoms with Crippen LogP contribution in [0, 0.1) is 23.2 Å². The molecule has 4 aliphatic rings. The van der Waals surface area contributed by atoms with E-state index in [1.54, 1.807) is 5.57 Å². The van der Waals surface area contributed by atoms with Crippen molar-refractivity contribution in [2.75, 3.05) is 13.1 Å². The van der Waals surface area contributed by atoms with E-state index in [1.807, 2.05) is 12.4 Å². The van der Waals surface area contributed by atoms with Gasteiger partial charge in [0.25, 0.3) is 0 Å². The van der Waals surface area contributed by atoms with Gasteiger partial charge in [-0.05, 0) is 104 Å². The summed E-state index contributed by atoms with van der Waals surface area (Å²) in [6.07, 6.45) is 32.0. The second kappa shape index (κ2) is 16.4. The number of hydrogen-bond acceptors (Lipinski definition) is 4. The zero-order chi connectivity index (χ0) is 31.4. The summed E-state index contributed by atoms with van der Waals surface area (Å²) in [5, 5.41) is 9.09. The molecular formula is C41H49N3O. The van der Waals surface area contributed by atoms with E-state index in [4.69, 9.17) is 5.26 Å². The third kappa shape index (κ3) is 8.60. The van der Waals surface area contributed by atoms with Gasteiger partial charge >= 0.3 is 0 Å². The van der Waals surface area contributed by atoms with Crippen LogP contribution in [0.1, 0.15) is 102 Å². The molecule has 0 atom stereocenters. The molecule has 2 heterocycles. The number of nitrogens with zero attached hydrogens (tertiary/aromatic N) is 3. The van der Waals surface area contributed by atoms with Crippen molar-refractivity contribution in [3.8, 4) is 6.07 Å². The van der Waals surface area contributed by atoms with Crippen LogP contribution in [0.25, 0.3) is 11.6 Å². The fourth-order valence-corrected chi connectivity index (χ4v) is 6.91. The second-order valence-electron chi connectivity index (χ2n) is 12.9. The summed E-state index contributed by atoms with van der Waals surface area (Å²) in [6.45, 7) is 6.32. The number of Topliss-reactive ketones (excluding diaryl/α,β-unsaturated/α-hetero) is 1. The lowest BCUT2D eigenvalue weighted by Gasteiger charge is -2.33. The van der Waals surface area contributed by atoms with Crippen molar-refractivity contribution in [3.63, 3.8) is 0 Å². The topological polar surface area (TPSA) is 56.5 Å². The van der Waals surface area contributed by atoms with Crippen molar-refractivity contribution in [1.82, 2.24) is 4.90 Å². The summed E-state index contributed by atoms with van der Waals surface area (Å²) < 4.78 is 0. The maximum atomic E-state index is 13.0. The van der Waals surface area contributed by atoms with Crippen LogP contribution < -0.4 is 0 Å². The van der Waals surface area contributed by atoms with Crippen LogP contribution in [0.3, 0.4) is 0 Å². The molecule has 1 aromatic carbocycles. The Morgan fingerprint density at radius 3 is 2.62 bits per heavy atom. The van der Waals surface area contributed by atoms with Gasteiger partial charge in [0.15, 0.2) is 5.78 Å². The SMILES string of the molecule is CCCC(=CCC/C=C/c1ccc(C2=CCC3=CN=CC=C(N4CC/C=C(\C(=O)C5CC(C#N)C5)CCC4)C3=C2)cc1)CCC. The lowest BCUT2D eigenvalue weighted by Crippen LogP contribution is -2.32. The fourth-order valence-electron chi connectivity index (χ4n) is 6.91. The van der Waals surface area contributed by atoms with Crippen LogP contribution >= 0.6 is 0 Å². The molecule has 45 heavy (non-hydrogen) atoms. The van der Waals surface area contributed by atoms with E-state index in [-0.39, 0.29) is 17.6 Å². The van der Waals surface area contributed by atoms with Gasteiger partial charge in [0, 0.05) is 48.6 Å². The van der Waals surface area contributed by atoms with Crippen molar-refractivity contribution in [2.45, 2.75) is 90.9 Å². The summed E-state index contributed by atoms with van der Waals surface area (Å²) in [5.41, 5.74) is 10.1. The maximum Gasteiger partial charge on any atom is 0.161 e. The Balaban J connectivity index is 1.22. The van der Waals surface area contributed by atoms with Gasteiger partial charge < -0.3 is 4.90 Å². The molecule has 1 saturated carbocycles. The largest absolute Gasteiger partial charge is 0.371 e. The Morgan fingerprint density at radius 1 is 1.07 bits per heavy atom. The number of aliphatic imine (C=N–C) groups is 1. The first kappa shape index (κ1) is 32.4. The number of fused-ring (bicyclic) bond motifs is 1. The third-order valence-corrected chi connectivity index (χ3v) is 9.49. The van der Waals surface area contributed by atoms with Crippen molar-refractivity contribution >= 4 is 23.6 Å². The molecule has 2 aliphatic heterocycles. The highest BCUT2D eigenvalue weighted by atomic mass is 16.1. The van der Waals surface area contributed by atoms with Crippen molar-refractivity contribution in [1.29, 1.82) is 5.26 Å². The predicted molar refractivity (Wildman–Crippen MR) is 188 cm³/mol. The number of allylic oxidation sites excluding steroid dienone is 9. The van der Waals surface area contributed by atoms with Gasteiger partial charge in [-0.25, -0.2) is 0 Å². The number of carbonyl (C=O) groups excluding carboxylic acids is 1. The number of nitriles is 1. The fraction of sp³-hybridized carbons (Fsp3) is 0.439. The van der Waals surface area contributed by atoms with Gasteiger partial charge in [-0.2, -0.15) is 5.26 Å². The Kier molecular flexibility index (Phi) is 11.8. The van der Waals surface area contributed by atoms with Crippen LogP contribution in [0.4, 0.5) is 0 Å². The average molecular weight is 600 g/mol.